The van der Waals surface area contributed by atoms with E-state index < -0.39 is 0 Å². The van der Waals surface area contributed by atoms with Crippen LogP contribution in [0.25, 0.3) is 33.1 Å². The summed E-state index contributed by atoms with van der Waals surface area (Å²) in [6.07, 6.45) is 1.74. The molecule has 4 rings (SSSR count). The van der Waals surface area contributed by atoms with Gasteiger partial charge in [-0.1, -0.05) is 0 Å². The van der Waals surface area contributed by atoms with Crippen LogP contribution in [0.4, 0.5) is 0 Å². The summed E-state index contributed by atoms with van der Waals surface area (Å²) >= 11 is 0. The van der Waals surface area contributed by atoms with Crippen molar-refractivity contribution in [2.45, 2.75) is 0 Å². The highest BCUT2D eigenvalue weighted by Gasteiger charge is 2.17. The Hall–Kier alpha value is -3.28. The molecule has 2 heterocycles. The Balaban J connectivity index is 2.16. The number of aromatic hydroxyl groups is 1. The molecule has 0 amide bonds. The van der Waals surface area contributed by atoms with Crippen LogP contribution in [0.15, 0.2) is 42.6 Å². The largest absolute Gasteiger partial charge is 0.508 e. The number of aromatic amines is 1. The molecule has 0 radical (unpaired) electrons. The highest BCUT2D eigenvalue weighted by atomic mass is 16.5. The van der Waals surface area contributed by atoms with E-state index in [0.717, 1.165) is 27.4 Å². The van der Waals surface area contributed by atoms with Crippen LogP contribution < -0.4 is 9.47 Å². The highest BCUT2D eigenvalue weighted by Crippen LogP contribution is 2.40. The monoisotopic (exact) mass is 321 g/mol. The predicted molar refractivity (Wildman–Crippen MR) is 91.6 cm³/mol. The van der Waals surface area contributed by atoms with Gasteiger partial charge in [-0.2, -0.15) is 5.10 Å². The molecule has 0 aliphatic carbocycles. The molecule has 0 aliphatic heterocycles. The van der Waals surface area contributed by atoms with Crippen LogP contribution in [0.1, 0.15) is 0 Å². The van der Waals surface area contributed by atoms with E-state index in [1.807, 2.05) is 24.3 Å². The van der Waals surface area contributed by atoms with Crippen molar-refractivity contribution in [1.82, 2.24) is 15.2 Å². The number of hydrogen-bond donors (Lipinski definition) is 2. The number of benzene rings is 2. The average Bonchev–Trinajstić information content (AvgIpc) is 3.09. The van der Waals surface area contributed by atoms with Crippen molar-refractivity contribution in [3.8, 4) is 28.5 Å². The van der Waals surface area contributed by atoms with E-state index in [1.54, 1.807) is 32.5 Å². The molecule has 0 fully saturated rings. The molecule has 2 aromatic heterocycles. The number of hydrogen-bond acceptors (Lipinski definition) is 5. The van der Waals surface area contributed by atoms with Gasteiger partial charge in [0.15, 0.2) is 5.65 Å². The summed E-state index contributed by atoms with van der Waals surface area (Å²) in [7, 11) is 3.24. The van der Waals surface area contributed by atoms with Crippen molar-refractivity contribution in [1.29, 1.82) is 0 Å². The maximum Gasteiger partial charge on any atom is 0.156 e. The second-order valence-electron chi connectivity index (χ2n) is 5.39. The highest BCUT2D eigenvalue weighted by molar-refractivity contribution is 6.12. The van der Waals surface area contributed by atoms with Crippen molar-refractivity contribution in [2.24, 2.45) is 0 Å². The molecule has 6 heteroatoms. The Kier molecular flexibility index (Phi) is 3.23. The number of nitrogens with one attached hydrogen (secondary N) is 1. The number of methoxy groups -OCH3 is 2. The van der Waals surface area contributed by atoms with Crippen LogP contribution in [-0.2, 0) is 0 Å². The lowest BCUT2D eigenvalue weighted by Gasteiger charge is -2.13. The molecular weight excluding hydrogens is 306 g/mol. The zero-order valence-electron chi connectivity index (χ0n) is 13.2. The summed E-state index contributed by atoms with van der Waals surface area (Å²) in [5.74, 6) is 1.58. The molecule has 0 spiro atoms. The minimum absolute atomic E-state index is 0.208. The fraction of sp³-hybridized carbons (Fsp3) is 0.111. The first-order valence-corrected chi connectivity index (χ1v) is 7.39. The van der Waals surface area contributed by atoms with Gasteiger partial charge in [-0.25, -0.2) is 4.98 Å². The van der Waals surface area contributed by atoms with Gasteiger partial charge in [-0.3, -0.25) is 5.10 Å². The molecular formula is C18H15N3O3. The van der Waals surface area contributed by atoms with Crippen molar-refractivity contribution < 1.29 is 14.6 Å². The Morgan fingerprint density at radius 3 is 2.50 bits per heavy atom. The predicted octanol–water partition coefficient (Wildman–Crippen LogP) is 3.50. The first-order chi connectivity index (χ1) is 11.7. The SMILES string of the molecule is COc1cc(OC)c2c(-c3ccc(O)cc3)nc3[nH]ncc3c2c1. The fourth-order valence-electron chi connectivity index (χ4n) is 2.88. The van der Waals surface area contributed by atoms with Crippen molar-refractivity contribution in [3.63, 3.8) is 0 Å². The number of pyridine rings is 1. The van der Waals surface area contributed by atoms with Crippen LogP contribution in [0.3, 0.4) is 0 Å². The van der Waals surface area contributed by atoms with Gasteiger partial charge >= 0.3 is 0 Å². The van der Waals surface area contributed by atoms with Crippen LogP contribution in [0.2, 0.25) is 0 Å². The molecule has 0 unspecified atom stereocenters. The van der Waals surface area contributed by atoms with E-state index in [9.17, 15) is 5.11 Å². The van der Waals surface area contributed by atoms with Crippen LogP contribution in [0.5, 0.6) is 17.2 Å². The molecule has 0 bridgehead atoms. The lowest BCUT2D eigenvalue weighted by Crippen LogP contribution is -1.94. The van der Waals surface area contributed by atoms with E-state index in [1.165, 1.54) is 0 Å². The number of phenolic OH excluding ortho intramolecular Hbond substituents is 1. The molecule has 0 atom stereocenters. The molecule has 4 aromatic rings. The normalized spacial score (nSPS) is 11.1. The molecule has 0 saturated heterocycles. The molecule has 0 saturated carbocycles. The summed E-state index contributed by atoms with van der Waals surface area (Å²) in [5.41, 5.74) is 2.31. The van der Waals surface area contributed by atoms with E-state index in [-0.39, 0.29) is 5.75 Å². The second-order valence-corrected chi connectivity index (χ2v) is 5.39. The van der Waals surface area contributed by atoms with Crippen LogP contribution in [0, 0.1) is 0 Å². The third kappa shape index (κ3) is 2.11. The molecule has 6 nitrogen and oxygen atoms in total. The Morgan fingerprint density at radius 2 is 1.79 bits per heavy atom. The quantitative estimate of drug-likeness (QED) is 0.603. The molecule has 120 valence electrons. The zero-order chi connectivity index (χ0) is 16.7. The summed E-state index contributed by atoms with van der Waals surface area (Å²) in [4.78, 5) is 4.71. The summed E-state index contributed by atoms with van der Waals surface area (Å²) in [5, 5.41) is 19.3. The van der Waals surface area contributed by atoms with Crippen molar-refractivity contribution in [2.75, 3.05) is 14.2 Å². The van der Waals surface area contributed by atoms with Crippen molar-refractivity contribution >= 4 is 21.8 Å². The van der Waals surface area contributed by atoms with Crippen LogP contribution >= 0.6 is 0 Å². The topological polar surface area (TPSA) is 80.3 Å². The van der Waals surface area contributed by atoms with Gasteiger partial charge in [0.05, 0.1) is 31.5 Å². The third-order valence-electron chi connectivity index (χ3n) is 4.04. The van der Waals surface area contributed by atoms with Gasteiger partial charge in [0.1, 0.15) is 17.2 Å². The Morgan fingerprint density at radius 1 is 1.00 bits per heavy atom. The first kappa shape index (κ1) is 14.3. The minimum atomic E-state index is 0.208. The first-order valence-electron chi connectivity index (χ1n) is 7.39. The van der Waals surface area contributed by atoms with Gasteiger partial charge in [-0.15, -0.1) is 0 Å². The number of rotatable bonds is 3. The molecule has 24 heavy (non-hydrogen) atoms. The maximum absolute atomic E-state index is 9.55. The number of aromatic nitrogens is 3. The Bertz CT molecular complexity index is 1040. The van der Waals surface area contributed by atoms with E-state index >= 15 is 0 Å². The van der Waals surface area contributed by atoms with Gasteiger partial charge < -0.3 is 14.6 Å². The summed E-state index contributed by atoms with van der Waals surface area (Å²) in [6.45, 7) is 0. The van der Waals surface area contributed by atoms with E-state index in [2.05, 4.69) is 10.2 Å². The number of phenols is 1. The van der Waals surface area contributed by atoms with Crippen molar-refractivity contribution in [3.05, 3.63) is 42.6 Å². The molecule has 2 aromatic carbocycles. The number of fused-ring (bicyclic) bond motifs is 3. The van der Waals surface area contributed by atoms with Gasteiger partial charge in [0.25, 0.3) is 0 Å². The van der Waals surface area contributed by atoms with Gasteiger partial charge in [0, 0.05) is 22.4 Å². The lowest BCUT2D eigenvalue weighted by atomic mass is 10.0. The van der Waals surface area contributed by atoms with Gasteiger partial charge in [0.2, 0.25) is 0 Å². The number of H-pyrrole nitrogens is 1. The zero-order valence-corrected chi connectivity index (χ0v) is 13.2. The van der Waals surface area contributed by atoms with E-state index in [0.29, 0.717) is 17.1 Å². The molecule has 0 aliphatic rings. The smallest absolute Gasteiger partial charge is 0.156 e. The lowest BCUT2D eigenvalue weighted by molar-refractivity contribution is 0.398. The third-order valence-corrected chi connectivity index (χ3v) is 4.04. The number of ether oxygens (including phenoxy) is 2. The maximum atomic E-state index is 9.55. The van der Waals surface area contributed by atoms with E-state index in [4.69, 9.17) is 14.5 Å². The standard InChI is InChI=1S/C18H15N3O3/c1-23-12-7-13-14-9-19-21-18(14)20-17(16(13)15(8-12)24-2)10-3-5-11(22)6-4-10/h3-9,22H,1-2H3,(H,19,20,21). The number of nitrogens with zero attached hydrogens (tertiary/aromatic N) is 2. The fourth-order valence-corrected chi connectivity index (χ4v) is 2.88. The summed E-state index contributed by atoms with van der Waals surface area (Å²) in [6, 6.07) is 10.7. The van der Waals surface area contributed by atoms with Gasteiger partial charge in [-0.05, 0) is 30.3 Å². The van der Waals surface area contributed by atoms with Crippen LogP contribution in [-0.4, -0.2) is 34.5 Å². The molecule has 2 N–H and O–H groups in total. The summed E-state index contributed by atoms with van der Waals surface area (Å²) < 4.78 is 11.0. The Labute approximate surface area is 137 Å². The minimum Gasteiger partial charge on any atom is -0.508 e. The second kappa shape index (κ2) is 5.42. The average molecular weight is 321 g/mol.